The molecule has 2 N–H and O–H groups in total. The molecule has 0 saturated heterocycles. The van der Waals surface area contributed by atoms with Gasteiger partial charge in [-0.15, -0.1) is 0 Å². The molecular weight excluding hydrogens is 366 g/mol. The Morgan fingerprint density at radius 1 is 1.28 bits per heavy atom. The van der Waals surface area contributed by atoms with E-state index in [1.54, 1.807) is 20.2 Å². The van der Waals surface area contributed by atoms with E-state index >= 15 is 0 Å². The Hall–Kier alpha value is -2.86. The van der Waals surface area contributed by atoms with Crippen LogP contribution in [0, 0.1) is 6.92 Å². The predicted octanol–water partition coefficient (Wildman–Crippen LogP) is 3.52. The molecule has 29 heavy (non-hydrogen) atoms. The molecule has 0 fully saturated rings. The fourth-order valence-electron chi connectivity index (χ4n) is 3.76. The SMILES string of the molecule is CCc1ccccc1C(O)CCc1c(C(=O)N(C)C)cc2c(nc(C)n2C)c1O. The number of aliphatic hydroxyl groups is 1. The zero-order valence-electron chi connectivity index (χ0n) is 17.7. The van der Waals surface area contributed by atoms with Gasteiger partial charge in [0.15, 0.2) is 0 Å². The van der Waals surface area contributed by atoms with E-state index in [9.17, 15) is 15.0 Å². The molecule has 1 atom stereocenters. The molecule has 0 saturated carbocycles. The summed E-state index contributed by atoms with van der Waals surface area (Å²) in [5, 5.41) is 21.7. The molecule has 2 aromatic carbocycles. The van der Waals surface area contributed by atoms with Gasteiger partial charge in [-0.2, -0.15) is 0 Å². The van der Waals surface area contributed by atoms with Crippen LogP contribution >= 0.6 is 0 Å². The van der Waals surface area contributed by atoms with Crippen molar-refractivity contribution < 1.29 is 15.0 Å². The zero-order chi connectivity index (χ0) is 21.3. The third-order valence-electron chi connectivity index (χ3n) is 5.58. The first kappa shape index (κ1) is 20.9. The Kier molecular flexibility index (Phi) is 5.94. The van der Waals surface area contributed by atoms with Crippen LogP contribution in [0.2, 0.25) is 0 Å². The maximum absolute atomic E-state index is 12.8. The Bertz CT molecular complexity index is 1050. The van der Waals surface area contributed by atoms with E-state index in [1.165, 1.54) is 4.90 Å². The van der Waals surface area contributed by atoms with E-state index in [0.717, 1.165) is 23.4 Å². The summed E-state index contributed by atoms with van der Waals surface area (Å²) >= 11 is 0. The largest absolute Gasteiger partial charge is 0.505 e. The summed E-state index contributed by atoms with van der Waals surface area (Å²) < 4.78 is 1.86. The molecule has 0 radical (unpaired) electrons. The van der Waals surface area contributed by atoms with Crippen molar-refractivity contribution in [1.82, 2.24) is 14.5 Å². The molecule has 6 nitrogen and oxygen atoms in total. The number of phenols is 1. The standard InChI is InChI=1S/C23H29N3O3/c1-6-15-9-7-8-10-16(15)20(27)12-11-17-18(23(29)25(3)4)13-19-21(22(17)28)24-14(2)26(19)5/h7-10,13,20,27-28H,6,11-12H2,1-5H3. The summed E-state index contributed by atoms with van der Waals surface area (Å²) in [6, 6.07) is 9.62. The predicted molar refractivity (Wildman–Crippen MR) is 114 cm³/mol. The van der Waals surface area contributed by atoms with Crippen molar-refractivity contribution in [3.05, 3.63) is 58.4 Å². The number of carbonyl (C=O) groups is 1. The number of benzene rings is 2. The average molecular weight is 396 g/mol. The lowest BCUT2D eigenvalue weighted by Crippen LogP contribution is -2.23. The van der Waals surface area contributed by atoms with Crippen LogP contribution in [0.4, 0.5) is 0 Å². The van der Waals surface area contributed by atoms with Gasteiger partial charge in [-0.05, 0) is 43.4 Å². The van der Waals surface area contributed by atoms with Crippen molar-refractivity contribution >= 4 is 16.9 Å². The van der Waals surface area contributed by atoms with E-state index in [1.807, 2.05) is 42.8 Å². The maximum Gasteiger partial charge on any atom is 0.253 e. The second-order valence-corrected chi connectivity index (χ2v) is 7.64. The van der Waals surface area contributed by atoms with Gasteiger partial charge in [0.05, 0.1) is 11.6 Å². The first-order valence-electron chi connectivity index (χ1n) is 9.91. The van der Waals surface area contributed by atoms with Crippen LogP contribution in [-0.2, 0) is 19.9 Å². The fourth-order valence-corrected chi connectivity index (χ4v) is 3.76. The van der Waals surface area contributed by atoms with Gasteiger partial charge in [0, 0.05) is 32.3 Å². The molecule has 3 aromatic rings. The molecule has 1 unspecified atom stereocenters. The molecule has 154 valence electrons. The molecule has 3 rings (SSSR count). The number of fused-ring (bicyclic) bond motifs is 1. The highest BCUT2D eigenvalue weighted by Gasteiger charge is 2.23. The summed E-state index contributed by atoms with van der Waals surface area (Å²) in [5.74, 6) is 0.597. The normalized spacial score (nSPS) is 12.3. The monoisotopic (exact) mass is 395 g/mol. The molecule has 1 aromatic heterocycles. The summed E-state index contributed by atoms with van der Waals surface area (Å²) in [6.45, 7) is 3.92. The van der Waals surface area contributed by atoms with Gasteiger partial charge in [-0.3, -0.25) is 4.79 Å². The van der Waals surface area contributed by atoms with Crippen LogP contribution in [0.25, 0.3) is 11.0 Å². The lowest BCUT2D eigenvalue weighted by Gasteiger charge is -2.18. The second-order valence-electron chi connectivity index (χ2n) is 7.64. The van der Waals surface area contributed by atoms with E-state index in [4.69, 9.17) is 0 Å². The van der Waals surface area contributed by atoms with Crippen molar-refractivity contribution in [3.63, 3.8) is 0 Å². The lowest BCUT2D eigenvalue weighted by atomic mass is 9.93. The quantitative estimate of drug-likeness (QED) is 0.669. The number of aromatic nitrogens is 2. The van der Waals surface area contributed by atoms with E-state index in [2.05, 4.69) is 11.9 Å². The molecule has 1 amide bonds. The van der Waals surface area contributed by atoms with Gasteiger partial charge in [-0.1, -0.05) is 31.2 Å². The number of aryl methyl sites for hydroxylation is 3. The Balaban J connectivity index is 2.02. The van der Waals surface area contributed by atoms with Crippen molar-refractivity contribution in [2.24, 2.45) is 7.05 Å². The highest BCUT2D eigenvalue weighted by Crippen LogP contribution is 2.34. The van der Waals surface area contributed by atoms with Gasteiger partial charge in [0.2, 0.25) is 0 Å². The van der Waals surface area contributed by atoms with E-state index in [0.29, 0.717) is 35.0 Å². The van der Waals surface area contributed by atoms with Gasteiger partial charge in [0.1, 0.15) is 17.1 Å². The smallest absolute Gasteiger partial charge is 0.253 e. The van der Waals surface area contributed by atoms with Crippen molar-refractivity contribution in [2.45, 2.75) is 39.2 Å². The van der Waals surface area contributed by atoms with E-state index < -0.39 is 6.10 Å². The lowest BCUT2D eigenvalue weighted by molar-refractivity contribution is 0.0825. The number of rotatable bonds is 6. The van der Waals surface area contributed by atoms with Crippen molar-refractivity contribution in [2.75, 3.05) is 14.1 Å². The minimum Gasteiger partial charge on any atom is -0.505 e. The Morgan fingerprint density at radius 3 is 2.62 bits per heavy atom. The Labute approximate surface area is 171 Å². The molecule has 0 bridgehead atoms. The van der Waals surface area contributed by atoms with Gasteiger partial charge in [0.25, 0.3) is 5.91 Å². The molecule has 0 aliphatic rings. The molecule has 6 heteroatoms. The number of hydrogen-bond acceptors (Lipinski definition) is 4. The van der Waals surface area contributed by atoms with Gasteiger partial charge >= 0.3 is 0 Å². The molecule has 1 heterocycles. The maximum atomic E-state index is 12.8. The highest BCUT2D eigenvalue weighted by molar-refractivity contribution is 6.01. The fraction of sp³-hybridized carbons (Fsp3) is 0.391. The van der Waals surface area contributed by atoms with Crippen LogP contribution in [-0.4, -0.2) is 44.7 Å². The highest BCUT2D eigenvalue weighted by atomic mass is 16.3. The number of carbonyl (C=O) groups excluding carboxylic acids is 1. The summed E-state index contributed by atoms with van der Waals surface area (Å²) in [4.78, 5) is 18.8. The summed E-state index contributed by atoms with van der Waals surface area (Å²) in [6.07, 6.45) is 0.928. The topological polar surface area (TPSA) is 78.6 Å². The second kappa shape index (κ2) is 8.25. The van der Waals surface area contributed by atoms with Crippen molar-refractivity contribution in [1.29, 1.82) is 0 Å². The van der Waals surface area contributed by atoms with Crippen molar-refractivity contribution in [3.8, 4) is 5.75 Å². The summed E-state index contributed by atoms with van der Waals surface area (Å²) in [7, 11) is 5.24. The number of hydrogen-bond donors (Lipinski definition) is 2. The minimum absolute atomic E-state index is 0.0207. The number of nitrogens with zero attached hydrogens (tertiary/aromatic N) is 3. The van der Waals surface area contributed by atoms with E-state index in [-0.39, 0.29) is 11.7 Å². The number of aliphatic hydroxyl groups excluding tert-OH is 1. The third kappa shape index (κ3) is 3.85. The summed E-state index contributed by atoms with van der Waals surface area (Å²) in [5.41, 5.74) is 4.17. The van der Waals surface area contributed by atoms with Crippen LogP contribution in [0.15, 0.2) is 30.3 Å². The number of phenolic OH excluding ortho intramolecular Hbond substituents is 1. The Morgan fingerprint density at radius 2 is 1.97 bits per heavy atom. The first-order valence-corrected chi connectivity index (χ1v) is 9.91. The van der Waals surface area contributed by atoms with Crippen LogP contribution in [0.1, 0.15) is 52.3 Å². The number of amides is 1. The number of aromatic hydroxyl groups is 1. The van der Waals surface area contributed by atoms with Crippen LogP contribution in [0.5, 0.6) is 5.75 Å². The zero-order valence-corrected chi connectivity index (χ0v) is 17.7. The molecular formula is C23H29N3O3. The van der Waals surface area contributed by atoms with Gasteiger partial charge in [-0.25, -0.2) is 4.98 Å². The van der Waals surface area contributed by atoms with Gasteiger partial charge < -0.3 is 19.7 Å². The molecule has 0 aliphatic heterocycles. The molecule has 0 aliphatic carbocycles. The average Bonchev–Trinajstić information content (AvgIpc) is 3.00. The van der Waals surface area contributed by atoms with Crippen LogP contribution in [0.3, 0.4) is 0 Å². The third-order valence-corrected chi connectivity index (χ3v) is 5.58. The minimum atomic E-state index is -0.672. The molecule has 0 spiro atoms. The first-order chi connectivity index (χ1) is 13.8. The van der Waals surface area contributed by atoms with Crippen LogP contribution < -0.4 is 0 Å². The number of imidazole rings is 1.